The molecule has 1 fully saturated rings. The van der Waals surface area contributed by atoms with Crippen molar-refractivity contribution < 1.29 is 19.4 Å². The number of aromatic hydroxyl groups is 1. The third-order valence-corrected chi connectivity index (χ3v) is 6.93. The quantitative estimate of drug-likeness (QED) is 0.475. The fourth-order valence-corrected chi connectivity index (χ4v) is 4.99. The summed E-state index contributed by atoms with van der Waals surface area (Å²) in [7, 11) is 1.61. The number of piperidine rings is 1. The lowest BCUT2D eigenvalue weighted by molar-refractivity contribution is -0.149. The molecule has 0 amide bonds. The van der Waals surface area contributed by atoms with E-state index in [1.54, 1.807) is 17.7 Å². The number of hydrogen-bond donors (Lipinski definition) is 1. The number of hydrogen-bond acceptors (Lipinski definition) is 6. The number of pyridine rings is 1. The molecule has 0 aliphatic carbocycles. The zero-order valence-corrected chi connectivity index (χ0v) is 21.1. The van der Waals surface area contributed by atoms with Gasteiger partial charge in [-0.25, -0.2) is 0 Å². The van der Waals surface area contributed by atoms with Gasteiger partial charge in [0.05, 0.1) is 37.8 Å². The Morgan fingerprint density at radius 2 is 1.75 bits per heavy atom. The third kappa shape index (κ3) is 5.46. The first-order valence-corrected chi connectivity index (χ1v) is 12.4. The maximum atomic E-state index is 13.9. The molecule has 0 radical (unpaired) electrons. The molecular formula is C29H34N2O5. The lowest BCUT2D eigenvalue weighted by Crippen LogP contribution is -2.42. The largest absolute Gasteiger partial charge is 0.507 e. The average Bonchev–Trinajstić information content (AvgIpc) is 2.90. The fourth-order valence-electron chi connectivity index (χ4n) is 4.99. The minimum absolute atomic E-state index is 0.0184. The van der Waals surface area contributed by atoms with E-state index in [4.69, 9.17) is 9.47 Å². The van der Waals surface area contributed by atoms with E-state index in [1.165, 1.54) is 0 Å². The van der Waals surface area contributed by atoms with Crippen LogP contribution in [-0.2, 0) is 16.1 Å². The van der Waals surface area contributed by atoms with Crippen LogP contribution in [0, 0.1) is 12.8 Å². The molecule has 4 rings (SSSR count). The lowest BCUT2D eigenvalue weighted by atomic mass is 9.91. The van der Waals surface area contributed by atoms with Crippen molar-refractivity contribution in [2.75, 3.05) is 26.8 Å². The predicted molar refractivity (Wildman–Crippen MR) is 138 cm³/mol. The zero-order chi connectivity index (χ0) is 25.7. The van der Waals surface area contributed by atoms with Crippen LogP contribution >= 0.6 is 0 Å². The number of aryl methyl sites for hydroxylation is 1. The van der Waals surface area contributed by atoms with E-state index in [1.807, 2.05) is 68.4 Å². The van der Waals surface area contributed by atoms with Gasteiger partial charge in [-0.3, -0.25) is 14.5 Å². The molecule has 3 aromatic rings. The summed E-state index contributed by atoms with van der Waals surface area (Å²) < 4.78 is 12.3. The molecule has 1 saturated heterocycles. The molecule has 7 nitrogen and oxygen atoms in total. The Labute approximate surface area is 211 Å². The summed E-state index contributed by atoms with van der Waals surface area (Å²) >= 11 is 0. The number of rotatable bonds is 8. The Bertz CT molecular complexity index is 1230. The maximum absolute atomic E-state index is 13.9. The summed E-state index contributed by atoms with van der Waals surface area (Å²) in [5.74, 6) is 0.379. The highest BCUT2D eigenvalue weighted by Crippen LogP contribution is 2.36. The van der Waals surface area contributed by atoms with Crippen LogP contribution in [0.3, 0.4) is 0 Å². The van der Waals surface area contributed by atoms with Crippen molar-refractivity contribution in [3.05, 3.63) is 93.4 Å². The Morgan fingerprint density at radius 1 is 1.08 bits per heavy atom. The molecule has 0 bridgehead atoms. The normalized spacial score (nSPS) is 15.4. The van der Waals surface area contributed by atoms with E-state index in [9.17, 15) is 14.7 Å². The van der Waals surface area contributed by atoms with Gasteiger partial charge in [-0.1, -0.05) is 42.5 Å². The SMILES string of the molecule is CCOC(=O)C1CCN([C@H](c2ccc(OC)cc2)c2c(O)cc(C)n(Cc3ccccc3)c2=O)CC1. The fraction of sp³-hybridized carbons (Fsp3) is 0.379. The van der Waals surface area contributed by atoms with E-state index in [-0.39, 0.29) is 23.2 Å². The van der Waals surface area contributed by atoms with Gasteiger partial charge in [0.1, 0.15) is 11.5 Å². The van der Waals surface area contributed by atoms with Crippen LogP contribution in [0.15, 0.2) is 65.5 Å². The van der Waals surface area contributed by atoms with Crippen molar-refractivity contribution in [1.82, 2.24) is 9.47 Å². The van der Waals surface area contributed by atoms with Gasteiger partial charge in [0.15, 0.2) is 0 Å². The van der Waals surface area contributed by atoms with Crippen molar-refractivity contribution in [2.24, 2.45) is 5.92 Å². The monoisotopic (exact) mass is 490 g/mol. The number of nitrogens with zero attached hydrogens (tertiary/aromatic N) is 2. The average molecular weight is 491 g/mol. The summed E-state index contributed by atoms with van der Waals surface area (Å²) in [5, 5.41) is 11.1. The predicted octanol–water partition coefficient (Wildman–Crippen LogP) is 4.28. The second-order valence-corrected chi connectivity index (χ2v) is 9.20. The van der Waals surface area contributed by atoms with Gasteiger partial charge < -0.3 is 19.1 Å². The molecule has 1 atom stereocenters. The minimum atomic E-state index is -0.464. The molecule has 0 saturated carbocycles. The molecule has 7 heteroatoms. The smallest absolute Gasteiger partial charge is 0.309 e. The Morgan fingerprint density at radius 3 is 2.36 bits per heavy atom. The van der Waals surface area contributed by atoms with Crippen LogP contribution in [0.1, 0.15) is 48.2 Å². The number of carbonyl (C=O) groups excluding carboxylic acids is 1. The van der Waals surface area contributed by atoms with Gasteiger partial charge in [0.2, 0.25) is 0 Å². The second-order valence-electron chi connectivity index (χ2n) is 9.20. The highest BCUT2D eigenvalue weighted by molar-refractivity contribution is 5.72. The summed E-state index contributed by atoms with van der Waals surface area (Å²) in [6, 6.07) is 18.6. The topological polar surface area (TPSA) is 81.0 Å². The molecular weight excluding hydrogens is 456 g/mol. The van der Waals surface area contributed by atoms with E-state index in [0.29, 0.717) is 56.1 Å². The van der Waals surface area contributed by atoms with Crippen LogP contribution in [0.25, 0.3) is 0 Å². The van der Waals surface area contributed by atoms with Crippen LogP contribution in [0.2, 0.25) is 0 Å². The zero-order valence-electron chi connectivity index (χ0n) is 21.1. The number of aromatic nitrogens is 1. The molecule has 36 heavy (non-hydrogen) atoms. The second kappa shape index (κ2) is 11.4. The molecule has 1 aliphatic heterocycles. The van der Waals surface area contributed by atoms with Gasteiger partial charge in [0, 0.05) is 5.69 Å². The summed E-state index contributed by atoms with van der Waals surface area (Å²) in [5.41, 5.74) is 2.71. The van der Waals surface area contributed by atoms with E-state index in [0.717, 1.165) is 11.1 Å². The minimum Gasteiger partial charge on any atom is -0.507 e. The lowest BCUT2D eigenvalue weighted by Gasteiger charge is -2.37. The summed E-state index contributed by atoms with van der Waals surface area (Å²) in [4.78, 5) is 28.4. The molecule has 0 unspecified atom stereocenters. The van der Waals surface area contributed by atoms with Gasteiger partial charge in [0.25, 0.3) is 5.56 Å². The number of benzene rings is 2. The molecule has 0 spiro atoms. The number of ether oxygens (including phenoxy) is 2. The van der Waals surface area contributed by atoms with Gasteiger partial charge in [-0.2, -0.15) is 0 Å². The highest BCUT2D eigenvalue weighted by atomic mass is 16.5. The first kappa shape index (κ1) is 25.5. The number of carbonyl (C=O) groups is 1. The molecule has 2 aromatic carbocycles. The number of methoxy groups -OCH3 is 1. The number of esters is 1. The van der Waals surface area contributed by atoms with E-state index >= 15 is 0 Å². The molecule has 190 valence electrons. The Hall–Kier alpha value is -3.58. The first-order valence-electron chi connectivity index (χ1n) is 12.4. The van der Waals surface area contributed by atoms with Crippen molar-refractivity contribution >= 4 is 5.97 Å². The summed E-state index contributed by atoms with van der Waals surface area (Å²) in [6.07, 6.45) is 1.27. The molecule has 1 aliphatic rings. The van der Waals surface area contributed by atoms with Crippen LogP contribution in [0.5, 0.6) is 11.5 Å². The number of likely N-dealkylation sites (tertiary alicyclic amines) is 1. The van der Waals surface area contributed by atoms with Crippen molar-refractivity contribution in [3.8, 4) is 11.5 Å². The standard InChI is InChI=1S/C29H34N2O5/c1-4-36-29(34)23-14-16-30(17-15-23)27(22-10-12-24(35-3)13-11-22)26-25(32)18-20(2)31(28(26)33)19-21-8-6-5-7-9-21/h5-13,18,23,27,32H,4,14-17,19H2,1-3H3/t27-/m1/s1. The van der Waals surface area contributed by atoms with Gasteiger partial charge >= 0.3 is 5.97 Å². The van der Waals surface area contributed by atoms with Crippen molar-refractivity contribution in [2.45, 2.75) is 39.3 Å². The molecule has 1 aromatic heterocycles. The first-order chi connectivity index (χ1) is 17.4. The van der Waals surface area contributed by atoms with Crippen LogP contribution in [-0.4, -0.2) is 47.3 Å². The third-order valence-electron chi connectivity index (χ3n) is 6.93. The highest BCUT2D eigenvalue weighted by Gasteiger charge is 2.34. The van der Waals surface area contributed by atoms with Crippen molar-refractivity contribution in [1.29, 1.82) is 0 Å². The van der Waals surface area contributed by atoms with E-state index < -0.39 is 6.04 Å². The molecule has 1 N–H and O–H groups in total. The Balaban J connectivity index is 1.75. The van der Waals surface area contributed by atoms with Gasteiger partial charge in [-0.05, 0) is 69.1 Å². The Kier molecular flexibility index (Phi) is 8.10. The van der Waals surface area contributed by atoms with Gasteiger partial charge in [-0.15, -0.1) is 0 Å². The maximum Gasteiger partial charge on any atom is 0.309 e. The van der Waals surface area contributed by atoms with Crippen LogP contribution < -0.4 is 10.3 Å². The molecule has 2 heterocycles. The van der Waals surface area contributed by atoms with E-state index in [2.05, 4.69) is 4.90 Å². The van der Waals surface area contributed by atoms with Crippen LogP contribution in [0.4, 0.5) is 0 Å². The summed E-state index contributed by atoms with van der Waals surface area (Å²) in [6.45, 7) is 5.64. The van der Waals surface area contributed by atoms with Crippen molar-refractivity contribution in [3.63, 3.8) is 0 Å².